The molecule has 1 saturated heterocycles. The maximum Gasteiger partial charge on any atom is 0.224 e. The van der Waals surface area contributed by atoms with Crippen LogP contribution in [0.25, 0.3) is 0 Å². The van der Waals surface area contributed by atoms with E-state index in [0.29, 0.717) is 23.8 Å². The van der Waals surface area contributed by atoms with Crippen molar-refractivity contribution < 1.29 is 9.53 Å². The molecule has 1 aliphatic rings. The molecule has 1 aromatic rings. The Bertz CT molecular complexity index is 445. The summed E-state index contributed by atoms with van der Waals surface area (Å²) >= 11 is 3.39. The first-order valence-electron chi connectivity index (χ1n) is 6.53. The molecule has 0 spiro atoms. The third kappa shape index (κ3) is 4.21. The van der Waals surface area contributed by atoms with Crippen LogP contribution >= 0.6 is 15.9 Å². The van der Waals surface area contributed by atoms with Crippen molar-refractivity contribution in [2.24, 2.45) is 5.92 Å². The minimum Gasteiger partial charge on any atom is -0.495 e. The second kappa shape index (κ2) is 6.91. The van der Waals surface area contributed by atoms with Crippen molar-refractivity contribution in [1.29, 1.82) is 0 Å². The van der Waals surface area contributed by atoms with Crippen molar-refractivity contribution in [1.82, 2.24) is 5.32 Å². The van der Waals surface area contributed by atoms with Crippen LogP contribution in [0.2, 0.25) is 0 Å². The molecule has 1 atom stereocenters. The van der Waals surface area contributed by atoms with Gasteiger partial charge in [-0.05, 0) is 50.0 Å². The van der Waals surface area contributed by atoms with Crippen LogP contribution in [-0.2, 0) is 4.79 Å². The van der Waals surface area contributed by atoms with E-state index in [1.54, 1.807) is 7.11 Å². The lowest BCUT2D eigenvalue weighted by molar-refractivity contribution is -0.116. The Morgan fingerprint density at radius 1 is 1.58 bits per heavy atom. The highest BCUT2D eigenvalue weighted by Gasteiger charge is 2.16. The molecule has 0 bridgehead atoms. The molecule has 1 fully saturated rings. The number of hydrogen-bond donors (Lipinski definition) is 2. The highest BCUT2D eigenvalue weighted by Crippen LogP contribution is 2.28. The Morgan fingerprint density at radius 2 is 2.42 bits per heavy atom. The highest BCUT2D eigenvalue weighted by molar-refractivity contribution is 9.10. The van der Waals surface area contributed by atoms with Crippen LogP contribution in [0.15, 0.2) is 22.7 Å². The van der Waals surface area contributed by atoms with Crippen LogP contribution in [0.4, 0.5) is 5.69 Å². The maximum absolute atomic E-state index is 11.9. The maximum atomic E-state index is 11.9. The number of carbonyl (C=O) groups is 1. The monoisotopic (exact) mass is 326 g/mol. The Balaban J connectivity index is 1.88. The zero-order valence-corrected chi connectivity index (χ0v) is 12.6. The summed E-state index contributed by atoms with van der Waals surface area (Å²) in [4.78, 5) is 11.9. The van der Waals surface area contributed by atoms with Gasteiger partial charge in [0.1, 0.15) is 5.75 Å². The zero-order chi connectivity index (χ0) is 13.7. The third-order valence-corrected chi connectivity index (χ3v) is 3.87. The summed E-state index contributed by atoms with van der Waals surface area (Å²) in [6.45, 7) is 2.11. The molecule has 2 N–H and O–H groups in total. The van der Waals surface area contributed by atoms with E-state index in [9.17, 15) is 4.79 Å². The topological polar surface area (TPSA) is 50.4 Å². The molecular weight excluding hydrogens is 308 g/mol. The van der Waals surface area contributed by atoms with E-state index >= 15 is 0 Å². The van der Waals surface area contributed by atoms with Crippen LogP contribution in [0.5, 0.6) is 5.75 Å². The average Bonchev–Trinajstić information content (AvgIpc) is 2.90. The average molecular weight is 327 g/mol. The van der Waals surface area contributed by atoms with E-state index in [4.69, 9.17) is 4.74 Å². The van der Waals surface area contributed by atoms with Gasteiger partial charge in [0.05, 0.1) is 12.8 Å². The van der Waals surface area contributed by atoms with Gasteiger partial charge in [-0.2, -0.15) is 0 Å². The van der Waals surface area contributed by atoms with Crippen molar-refractivity contribution in [3.05, 3.63) is 22.7 Å². The summed E-state index contributed by atoms with van der Waals surface area (Å²) in [7, 11) is 1.60. The van der Waals surface area contributed by atoms with Gasteiger partial charge in [-0.1, -0.05) is 15.9 Å². The lowest BCUT2D eigenvalue weighted by Crippen LogP contribution is -2.15. The quantitative estimate of drug-likeness (QED) is 0.874. The van der Waals surface area contributed by atoms with Crippen molar-refractivity contribution in [3.8, 4) is 5.75 Å². The predicted octanol–water partition coefficient (Wildman–Crippen LogP) is 2.79. The molecule has 104 valence electrons. The van der Waals surface area contributed by atoms with Crippen LogP contribution in [0, 0.1) is 5.92 Å². The number of ether oxygens (including phenoxy) is 1. The van der Waals surface area contributed by atoms with E-state index in [1.807, 2.05) is 18.2 Å². The summed E-state index contributed by atoms with van der Waals surface area (Å²) in [5.74, 6) is 1.36. The van der Waals surface area contributed by atoms with Gasteiger partial charge >= 0.3 is 0 Å². The molecule has 5 heteroatoms. The molecule has 1 unspecified atom stereocenters. The largest absolute Gasteiger partial charge is 0.495 e. The second-order valence-corrected chi connectivity index (χ2v) is 5.71. The van der Waals surface area contributed by atoms with Crippen LogP contribution in [0.1, 0.15) is 19.3 Å². The van der Waals surface area contributed by atoms with Gasteiger partial charge < -0.3 is 15.4 Å². The summed E-state index contributed by atoms with van der Waals surface area (Å²) < 4.78 is 6.15. The number of hydrogen-bond acceptors (Lipinski definition) is 3. The van der Waals surface area contributed by atoms with E-state index in [-0.39, 0.29) is 5.91 Å². The van der Waals surface area contributed by atoms with Crippen molar-refractivity contribution in [2.75, 3.05) is 25.5 Å². The van der Waals surface area contributed by atoms with Gasteiger partial charge in [-0.15, -0.1) is 0 Å². The first kappa shape index (κ1) is 14.3. The first-order chi connectivity index (χ1) is 9.19. The SMILES string of the molecule is COc1ccc(Br)cc1NC(=O)CCC1CCNC1. The minimum absolute atomic E-state index is 0.0447. The molecule has 0 aliphatic carbocycles. The second-order valence-electron chi connectivity index (χ2n) is 4.79. The Morgan fingerprint density at radius 3 is 3.11 bits per heavy atom. The van der Waals surface area contributed by atoms with E-state index in [0.717, 1.165) is 24.0 Å². The predicted molar refractivity (Wildman–Crippen MR) is 79.5 cm³/mol. The minimum atomic E-state index is 0.0447. The van der Waals surface area contributed by atoms with Crippen LogP contribution in [-0.4, -0.2) is 26.1 Å². The molecule has 0 radical (unpaired) electrons. The number of halogens is 1. The molecule has 2 rings (SSSR count). The third-order valence-electron chi connectivity index (χ3n) is 3.38. The molecular formula is C14H19BrN2O2. The van der Waals surface area contributed by atoms with Crippen LogP contribution in [0.3, 0.4) is 0 Å². The Kier molecular flexibility index (Phi) is 5.22. The molecule has 1 amide bonds. The number of nitrogens with one attached hydrogen (secondary N) is 2. The van der Waals surface area contributed by atoms with Gasteiger partial charge in [0, 0.05) is 10.9 Å². The van der Waals surface area contributed by atoms with E-state index in [2.05, 4.69) is 26.6 Å². The molecule has 19 heavy (non-hydrogen) atoms. The number of benzene rings is 1. The standard InChI is InChI=1S/C14H19BrN2O2/c1-19-13-4-3-11(15)8-12(13)17-14(18)5-2-10-6-7-16-9-10/h3-4,8,10,16H,2,5-7,9H2,1H3,(H,17,18). The fraction of sp³-hybridized carbons (Fsp3) is 0.500. The number of methoxy groups -OCH3 is 1. The number of anilines is 1. The fourth-order valence-electron chi connectivity index (χ4n) is 2.29. The lowest BCUT2D eigenvalue weighted by atomic mass is 10.0. The van der Waals surface area contributed by atoms with Gasteiger partial charge in [-0.25, -0.2) is 0 Å². The molecule has 1 aliphatic heterocycles. The highest BCUT2D eigenvalue weighted by atomic mass is 79.9. The summed E-state index contributed by atoms with van der Waals surface area (Å²) in [6, 6.07) is 5.58. The van der Waals surface area contributed by atoms with Gasteiger partial charge in [0.25, 0.3) is 0 Å². The van der Waals surface area contributed by atoms with Gasteiger partial charge in [0.15, 0.2) is 0 Å². The van der Waals surface area contributed by atoms with Crippen molar-refractivity contribution in [3.63, 3.8) is 0 Å². The van der Waals surface area contributed by atoms with Crippen molar-refractivity contribution >= 4 is 27.5 Å². The van der Waals surface area contributed by atoms with Gasteiger partial charge in [0.2, 0.25) is 5.91 Å². The lowest BCUT2D eigenvalue weighted by Gasteiger charge is -2.12. The number of amides is 1. The summed E-state index contributed by atoms with van der Waals surface area (Å²) in [6.07, 6.45) is 2.67. The molecule has 1 aromatic carbocycles. The molecule has 0 saturated carbocycles. The Labute approximate surface area is 122 Å². The molecule has 0 aromatic heterocycles. The Hall–Kier alpha value is -1.07. The fourth-order valence-corrected chi connectivity index (χ4v) is 2.65. The molecule has 4 nitrogen and oxygen atoms in total. The zero-order valence-electron chi connectivity index (χ0n) is 11.0. The van der Waals surface area contributed by atoms with Crippen molar-refractivity contribution in [2.45, 2.75) is 19.3 Å². The molecule has 1 heterocycles. The van der Waals surface area contributed by atoms with Crippen LogP contribution < -0.4 is 15.4 Å². The number of carbonyl (C=O) groups excluding carboxylic acids is 1. The van der Waals surface area contributed by atoms with E-state index < -0.39 is 0 Å². The smallest absolute Gasteiger partial charge is 0.224 e. The summed E-state index contributed by atoms with van der Waals surface area (Å²) in [5, 5.41) is 6.23. The number of rotatable bonds is 5. The first-order valence-corrected chi connectivity index (χ1v) is 7.32. The summed E-state index contributed by atoms with van der Waals surface area (Å²) in [5.41, 5.74) is 0.714. The van der Waals surface area contributed by atoms with E-state index in [1.165, 1.54) is 6.42 Å². The normalized spacial score (nSPS) is 18.3. The van der Waals surface area contributed by atoms with Gasteiger partial charge in [-0.3, -0.25) is 4.79 Å².